The van der Waals surface area contributed by atoms with Crippen LogP contribution in [0.3, 0.4) is 0 Å². The Morgan fingerprint density at radius 1 is 1.28 bits per heavy atom. The van der Waals surface area contributed by atoms with Gasteiger partial charge in [-0.05, 0) is 0 Å². The fourth-order valence-electron chi connectivity index (χ4n) is 2.63. The van der Waals surface area contributed by atoms with Gasteiger partial charge in [0.2, 0.25) is 11.8 Å². The number of nitrogens with zero attached hydrogens (tertiary/aromatic N) is 2. The van der Waals surface area contributed by atoms with Gasteiger partial charge < -0.3 is 14.2 Å². The molecule has 10 heteroatoms. The van der Waals surface area contributed by atoms with E-state index in [0.29, 0.717) is 16.9 Å². The summed E-state index contributed by atoms with van der Waals surface area (Å²) in [4.78, 5) is 46.2. The van der Waals surface area contributed by atoms with Gasteiger partial charge in [-0.15, -0.1) is 0 Å². The quantitative estimate of drug-likeness (QED) is 0.328. The number of nitro groups is 1. The van der Waals surface area contributed by atoms with Gasteiger partial charge in [0.05, 0.1) is 11.5 Å². The van der Waals surface area contributed by atoms with Gasteiger partial charge in [-0.25, -0.2) is 0 Å². The van der Waals surface area contributed by atoms with Gasteiger partial charge in [0.15, 0.2) is 6.79 Å². The minimum Gasteiger partial charge on any atom is -0.467 e. The minimum atomic E-state index is -0.782. The van der Waals surface area contributed by atoms with E-state index in [4.69, 9.17) is 14.2 Å². The summed E-state index contributed by atoms with van der Waals surface area (Å²) in [5.74, 6) is -1.25. The first-order chi connectivity index (χ1) is 12.0. The third-order valence-electron chi connectivity index (χ3n) is 3.81. The number of rotatable bonds is 5. The number of nitro benzene ring substituents is 1. The number of likely N-dealkylation sites (tertiary alicyclic amines) is 1. The lowest BCUT2D eigenvalue weighted by atomic mass is 10.1. The van der Waals surface area contributed by atoms with Crippen LogP contribution in [0.2, 0.25) is 0 Å². The molecule has 10 nitrogen and oxygen atoms in total. The molecule has 2 aliphatic heterocycles. The molecule has 0 aliphatic carbocycles. The highest BCUT2D eigenvalue weighted by Gasteiger charge is 2.31. The number of fused-ring (bicyclic) bond motifs is 1. The number of esters is 1. The van der Waals surface area contributed by atoms with Crippen molar-refractivity contribution in [2.24, 2.45) is 0 Å². The molecule has 0 radical (unpaired) electrons. The average molecular weight is 350 g/mol. The molecule has 2 aliphatic rings. The third kappa shape index (κ3) is 3.58. The zero-order chi connectivity index (χ0) is 18.0. The molecule has 2 heterocycles. The summed E-state index contributed by atoms with van der Waals surface area (Å²) >= 11 is 0. The Morgan fingerprint density at radius 3 is 2.68 bits per heavy atom. The van der Waals surface area contributed by atoms with E-state index in [9.17, 15) is 24.5 Å². The fraction of sp³-hybridized carbons (Fsp3) is 0.400. The van der Waals surface area contributed by atoms with Gasteiger partial charge in [0.25, 0.3) is 5.69 Å². The van der Waals surface area contributed by atoms with Gasteiger partial charge in [0.1, 0.15) is 18.9 Å². The standard InChI is InChI=1S/C15H14N2O8/c18-12-1-2-13(19)16(12)5-14(20)24-7-10-4-11(17(21)22)3-9-6-23-8-25-15(9)10/h3-4H,1-2,5-8H2. The van der Waals surface area contributed by atoms with Crippen molar-refractivity contribution in [3.8, 4) is 5.75 Å². The van der Waals surface area contributed by atoms with Crippen molar-refractivity contribution in [3.63, 3.8) is 0 Å². The SMILES string of the molecule is O=C(CN1C(=O)CCC1=O)OCc1cc([N+](=O)[O-])cc2c1OCOC2. The van der Waals surface area contributed by atoms with E-state index in [-0.39, 0.29) is 38.5 Å². The first-order valence-electron chi connectivity index (χ1n) is 7.45. The van der Waals surface area contributed by atoms with E-state index in [1.54, 1.807) is 0 Å². The number of carbonyl (C=O) groups is 3. The monoisotopic (exact) mass is 350 g/mol. The number of hydrogen-bond acceptors (Lipinski definition) is 8. The lowest BCUT2D eigenvalue weighted by Crippen LogP contribution is -2.35. The molecule has 25 heavy (non-hydrogen) atoms. The number of non-ortho nitro benzene ring substituents is 1. The third-order valence-corrected chi connectivity index (χ3v) is 3.81. The Morgan fingerprint density at radius 2 is 2.00 bits per heavy atom. The maximum atomic E-state index is 11.9. The number of carbonyl (C=O) groups excluding carboxylic acids is 3. The maximum absolute atomic E-state index is 11.9. The molecule has 0 saturated carbocycles. The smallest absolute Gasteiger partial charge is 0.326 e. The highest BCUT2D eigenvalue weighted by atomic mass is 16.7. The summed E-state index contributed by atoms with van der Waals surface area (Å²) in [5.41, 5.74) is 0.625. The van der Waals surface area contributed by atoms with Gasteiger partial charge in [-0.3, -0.25) is 29.4 Å². The second-order valence-corrected chi connectivity index (χ2v) is 5.50. The van der Waals surface area contributed by atoms with E-state index in [1.165, 1.54) is 12.1 Å². The predicted molar refractivity (Wildman–Crippen MR) is 79.1 cm³/mol. The van der Waals surface area contributed by atoms with Crippen molar-refractivity contribution < 1.29 is 33.5 Å². The van der Waals surface area contributed by atoms with Gasteiger partial charge in [0, 0.05) is 36.1 Å². The molecule has 0 N–H and O–H groups in total. The van der Waals surface area contributed by atoms with Gasteiger partial charge in [-0.1, -0.05) is 0 Å². The Bertz CT molecular complexity index is 744. The molecule has 0 unspecified atom stereocenters. The van der Waals surface area contributed by atoms with Crippen molar-refractivity contribution in [1.29, 1.82) is 0 Å². The molecular weight excluding hydrogens is 336 g/mol. The van der Waals surface area contributed by atoms with Crippen LogP contribution in [0.5, 0.6) is 5.75 Å². The van der Waals surface area contributed by atoms with Crippen LogP contribution in [0.4, 0.5) is 5.69 Å². The molecule has 132 valence electrons. The largest absolute Gasteiger partial charge is 0.467 e. The highest BCUT2D eigenvalue weighted by molar-refractivity contribution is 6.04. The highest BCUT2D eigenvalue weighted by Crippen LogP contribution is 2.33. The van der Waals surface area contributed by atoms with Crippen LogP contribution >= 0.6 is 0 Å². The van der Waals surface area contributed by atoms with E-state index in [1.807, 2.05) is 0 Å². The summed E-state index contributed by atoms with van der Waals surface area (Å²) in [7, 11) is 0. The van der Waals surface area contributed by atoms with Gasteiger partial charge >= 0.3 is 5.97 Å². The molecular formula is C15H14N2O8. The van der Waals surface area contributed by atoms with E-state index in [2.05, 4.69) is 0 Å². The van der Waals surface area contributed by atoms with E-state index < -0.39 is 29.3 Å². The van der Waals surface area contributed by atoms with Crippen LogP contribution in [0, 0.1) is 10.1 Å². The second kappa shape index (κ2) is 6.85. The second-order valence-electron chi connectivity index (χ2n) is 5.50. The van der Waals surface area contributed by atoms with E-state index >= 15 is 0 Å². The predicted octanol–water partition coefficient (Wildman–Crippen LogP) is 0.653. The summed E-state index contributed by atoms with van der Waals surface area (Å²) in [6.45, 7) is -0.616. The van der Waals surface area contributed by atoms with Crippen molar-refractivity contribution in [3.05, 3.63) is 33.4 Å². The van der Waals surface area contributed by atoms with Crippen LogP contribution in [0.25, 0.3) is 0 Å². The minimum absolute atomic E-state index is 0.0114. The summed E-state index contributed by atoms with van der Waals surface area (Å²) in [6, 6.07) is 2.59. The normalized spacial score (nSPS) is 16.4. The van der Waals surface area contributed by atoms with Crippen LogP contribution < -0.4 is 4.74 Å². The zero-order valence-corrected chi connectivity index (χ0v) is 13.1. The summed E-state index contributed by atoms with van der Waals surface area (Å²) in [6.07, 6.45) is 0.163. The fourth-order valence-corrected chi connectivity index (χ4v) is 2.63. The van der Waals surface area contributed by atoms with Crippen molar-refractivity contribution in [1.82, 2.24) is 4.90 Å². The van der Waals surface area contributed by atoms with Crippen molar-refractivity contribution >= 4 is 23.5 Å². The van der Waals surface area contributed by atoms with Crippen LogP contribution in [-0.2, 0) is 37.1 Å². The molecule has 3 rings (SSSR count). The lowest BCUT2D eigenvalue weighted by molar-refractivity contribution is -0.385. The topological polar surface area (TPSA) is 125 Å². The summed E-state index contributed by atoms with van der Waals surface area (Å²) < 4.78 is 15.5. The molecule has 2 amide bonds. The van der Waals surface area contributed by atoms with Crippen LogP contribution in [-0.4, -0.2) is 40.9 Å². The zero-order valence-electron chi connectivity index (χ0n) is 13.1. The number of amides is 2. The molecule has 0 spiro atoms. The molecule has 1 saturated heterocycles. The average Bonchev–Trinajstić information content (AvgIpc) is 2.91. The van der Waals surface area contributed by atoms with Gasteiger partial charge in [-0.2, -0.15) is 0 Å². The molecule has 0 atom stereocenters. The number of ether oxygens (including phenoxy) is 3. The Kier molecular flexibility index (Phi) is 4.61. The van der Waals surface area contributed by atoms with Crippen molar-refractivity contribution in [2.75, 3.05) is 13.3 Å². The number of imide groups is 1. The molecule has 1 aromatic rings. The first-order valence-corrected chi connectivity index (χ1v) is 7.45. The molecule has 0 aromatic heterocycles. The Balaban J connectivity index is 1.71. The molecule has 1 fully saturated rings. The number of hydrogen-bond donors (Lipinski definition) is 0. The van der Waals surface area contributed by atoms with E-state index in [0.717, 1.165) is 4.90 Å². The number of benzene rings is 1. The van der Waals surface area contributed by atoms with Crippen LogP contribution in [0.15, 0.2) is 12.1 Å². The lowest BCUT2D eigenvalue weighted by Gasteiger charge is -2.20. The first kappa shape index (κ1) is 16.8. The summed E-state index contributed by atoms with van der Waals surface area (Å²) in [5, 5.41) is 11.0. The van der Waals surface area contributed by atoms with Crippen LogP contribution in [0.1, 0.15) is 24.0 Å². The Hall–Kier alpha value is -3.01. The molecule has 0 bridgehead atoms. The Labute approximate surface area is 141 Å². The maximum Gasteiger partial charge on any atom is 0.326 e. The molecule has 1 aromatic carbocycles. The van der Waals surface area contributed by atoms with Crippen molar-refractivity contribution in [2.45, 2.75) is 26.1 Å².